The number of carbonyl (C=O) groups excluding carboxylic acids is 5. The van der Waals surface area contributed by atoms with Crippen LogP contribution in [0.15, 0.2) is 48.5 Å². The molecule has 3 aliphatic heterocycles. The number of nitrogens with one attached hydrogen (secondary N) is 3. The SMILES string of the molecule is O=C1CCC(N2Cc3cc(CNC(=O)[C@@H](NC(=O)OC4CCOC4)c4ccccc4)ccc3C2=O)C(=O)N1. The first kappa shape index (κ1) is 25.4. The molecule has 0 aliphatic carbocycles. The molecular formula is C27H28N4O7. The summed E-state index contributed by atoms with van der Waals surface area (Å²) in [5.41, 5.74) is 2.59. The molecule has 2 saturated heterocycles. The lowest BCUT2D eigenvalue weighted by atomic mass is 10.0. The van der Waals surface area contributed by atoms with Crippen molar-refractivity contribution in [2.75, 3.05) is 13.2 Å². The number of piperidine rings is 1. The molecule has 5 rings (SSSR count). The summed E-state index contributed by atoms with van der Waals surface area (Å²) in [5.74, 6) is -1.48. The number of fused-ring (bicyclic) bond motifs is 1. The Morgan fingerprint density at radius 3 is 2.66 bits per heavy atom. The summed E-state index contributed by atoms with van der Waals surface area (Å²) in [4.78, 5) is 63.8. The molecule has 2 aromatic carbocycles. The number of alkyl carbamates (subject to hydrolysis) is 1. The van der Waals surface area contributed by atoms with Gasteiger partial charge in [0.05, 0.1) is 13.2 Å². The lowest BCUT2D eigenvalue weighted by molar-refractivity contribution is -0.137. The van der Waals surface area contributed by atoms with Crippen LogP contribution in [0.2, 0.25) is 0 Å². The average Bonchev–Trinajstić information content (AvgIpc) is 3.54. The Labute approximate surface area is 218 Å². The topological polar surface area (TPSA) is 143 Å². The van der Waals surface area contributed by atoms with Gasteiger partial charge in [-0.25, -0.2) is 4.79 Å². The smallest absolute Gasteiger partial charge is 0.408 e. The van der Waals surface area contributed by atoms with Crippen LogP contribution in [0.4, 0.5) is 4.79 Å². The Bertz CT molecular complexity index is 1260. The van der Waals surface area contributed by atoms with E-state index in [2.05, 4.69) is 16.0 Å². The Morgan fingerprint density at radius 2 is 1.92 bits per heavy atom. The number of carbonyl (C=O) groups is 5. The number of ether oxygens (including phenoxy) is 2. The van der Waals surface area contributed by atoms with Gasteiger partial charge in [0.25, 0.3) is 5.91 Å². The number of amides is 5. The Balaban J connectivity index is 1.23. The molecule has 5 amide bonds. The highest BCUT2D eigenvalue weighted by Crippen LogP contribution is 2.28. The molecule has 3 N–H and O–H groups in total. The van der Waals surface area contributed by atoms with Crippen molar-refractivity contribution in [1.82, 2.24) is 20.9 Å². The Morgan fingerprint density at radius 1 is 1.11 bits per heavy atom. The molecule has 38 heavy (non-hydrogen) atoms. The summed E-state index contributed by atoms with van der Waals surface area (Å²) in [7, 11) is 0. The monoisotopic (exact) mass is 520 g/mol. The standard InChI is InChI=1S/C27H28N4O7/c32-22-9-8-21(24(33)29-22)31-14-18-12-16(6-7-20(18)26(31)35)13-28-25(34)23(17-4-2-1-3-5-17)30-27(36)38-19-10-11-37-15-19/h1-7,12,19,21,23H,8-11,13-15H2,(H,28,34)(H,30,36)(H,29,32,33)/t19?,21?,23-/m0/s1. The summed E-state index contributed by atoms with van der Waals surface area (Å²) >= 11 is 0. The van der Waals surface area contributed by atoms with E-state index in [1.165, 1.54) is 4.90 Å². The lowest BCUT2D eigenvalue weighted by Crippen LogP contribution is -2.52. The van der Waals surface area contributed by atoms with Crippen molar-refractivity contribution in [3.05, 3.63) is 70.8 Å². The quantitative estimate of drug-likeness (QED) is 0.467. The van der Waals surface area contributed by atoms with Gasteiger partial charge in [0.15, 0.2) is 0 Å². The van der Waals surface area contributed by atoms with Crippen LogP contribution in [0, 0.1) is 0 Å². The van der Waals surface area contributed by atoms with Gasteiger partial charge in [-0.15, -0.1) is 0 Å². The highest BCUT2D eigenvalue weighted by Gasteiger charge is 2.39. The van der Waals surface area contributed by atoms with E-state index in [0.717, 1.165) is 11.1 Å². The predicted molar refractivity (Wildman–Crippen MR) is 132 cm³/mol. The number of nitrogens with zero attached hydrogens (tertiary/aromatic N) is 1. The molecule has 2 unspecified atom stereocenters. The van der Waals surface area contributed by atoms with Crippen LogP contribution in [0.3, 0.4) is 0 Å². The van der Waals surface area contributed by atoms with E-state index >= 15 is 0 Å². The Kier molecular flexibility index (Phi) is 7.36. The minimum absolute atomic E-state index is 0.162. The zero-order valence-electron chi connectivity index (χ0n) is 20.6. The fourth-order valence-corrected chi connectivity index (χ4v) is 4.88. The second-order valence-electron chi connectivity index (χ2n) is 9.49. The molecule has 11 nitrogen and oxygen atoms in total. The van der Waals surface area contributed by atoms with Gasteiger partial charge < -0.3 is 25.0 Å². The van der Waals surface area contributed by atoms with E-state index in [4.69, 9.17) is 9.47 Å². The van der Waals surface area contributed by atoms with Crippen LogP contribution in [0.1, 0.15) is 52.4 Å². The fourth-order valence-electron chi connectivity index (χ4n) is 4.88. The first-order valence-electron chi connectivity index (χ1n) is 12.5. The molecule has 3 heterocycles. The van der Waals surface area contributed by atoms with Crippen LogP contribution in [-0.2, 0) is 36.9 Å². The molecule has 3 aliphatic rings. The van der Waals surface area contributed by atoms with Gasteiger partial charge in [-0.1, -0.05) is 42.5 Å². The summed E-state index contributed by atoms with van der Waals surface area (Å²) in [6, 6.07) is 12.4. The Hall–Kier alpha value is -4.25. The normalized spacial score (nSPS) is 21.5. The van der Waals surface area contributed by atoms with E-state index < -0.39 is 30.0 Å². The number of benzene rings is 2. The van der Waals surface area contributed by atoms with E-state index in [-0.39, 0.29) is 43.8 Å². The minimum atomic E-state index is -0.968. The van der Waals surface area contributed by atoms with Crippen molar-refractivity contribution in [3.8, 4) is 0 Å². The van der Waals surface area contributed by atoms with Crippen molar-refractivity contribution in [1.29, 1.82) is 0 Å². The van der Waals surface area contributed by atoms with E-state index in [1.807, 2.05) is 12.1 Å². The molecule has 0 saturated carbocycles. The van der Waals surface area contributed by atoms with Gasteiger partial charge in [-0.05, 0) is 29.2 Å². The highest BCUT2D eigenvalue weighted by molar-refractivity contribution is 6.05. The number of hydrogen-bond donors (Lipinski definition) is 3. The van der Waals surface area contributed by atoms with Gasteiger partial charge >= 0.3 is 6.09 Å². The zero-order valence-corrected chi connectivity index (χ0v) is 20.6. The zero-order chi connectivity index (χ0) is 26.6. The molecule has 2 fully saturated rings. The fraction of sp³-hybridized carbons (Fsp3) is 0.370. The summed E-state index contributed by atoms with van der Waals surface area (Å²) in [6.45, 7) is 1.26. The van der Waals surface area contributed by atoms with Crippen LogP contribution >= 0.6 is 0 Å². The molecule has 3 atom stereocenters. The number of rotatable bonds is 7. The molecule has 198 valence electrons. The van der Waals surface area contributed by atoms with Gasteiger partial charge in [-0.2, -0.15) is 0 Å². The van der Waals surface area contributed by atoms with Gasteiger partial charge in [0.2, 0.25) is 17.7 Å². The van der Waals surface area contributed by atoms with Crippen molar-refractivity contribution in [2.24, 2.45) is 0 Å². The minimum Gasteiger partial charge on any atom is -0.444 e. The summed E-state index contributed by atoms with van der Waals surface area (Å²) in [5, 5.41) is 7.79. The number of imide groups is 1. The first-order valence-corrected chi connectivity index (χ1v) is 12.5. The van der Waals surface area contributed by atoms with Crippen LogP contribution in [0.25, 0.3) is 0 Å². The van der Waals surface area contributed by atoms with Crippen molar-refractivity contribution in [2.45, 2.75) is 50.5 Å². The number of hydrogen-bond acceptors (Lipinski definition) is 7. The van der Waals surface area contributed by atoms with E-state index in [9.17, 15) is 24.0 Å². The molecule has 2 aromatic rings. The largest absolute Gasteiger partial charge is 0.444 e. The van der Waals surface area contributed by atoms with Gasteiger partial charge in [0.1, 0.15) is 18.2 Å². The van der Waals surface area contributed by atoms with E-state index in [1.54, 1.807) is 36.4 Å². The maximum Gasteiger partial charge on any atom is 0.408 e. The molecule has 0 aromatic heterocycles. The van der Waals surface area contributed by atoms with Crippen molar-refractivity contribution >= 4 is 29.7 Å². The second-order valence-corrected chi connectivity index (χ2v) is 9.49. The third-order valence-corrected chi connectivity index (χ3v) is 6.87. The van der Waals surface area contributed by atoms with E-state index in [0.29, 0.717) is 30.8 Å². The highest BCUT2D eigenvalue weighted by atomic mass is 16.6. The average molecular weight is 521 g/mol. The van der Waals surface area contributed by atoms with Crippen LogP contribution in [0.5, 0.6) is 0 Å². The maximum absolute atomic E-state index is 13.2. The summed E-state index contributed by atoms with van der Waals surface area (Å²) < 4.78 is 10.6. The van der Waals surface area contributed by atoms with Crippen LogP contribution < -0.4 is 16.0 Å². The second kappa shape index (κ2) is 11.0. The molecule has 11 heteroatoms. The van der Waals surface area contributed by atoms with Crippen LogP contribution in [-0.4, -0.2) is 60.0 Å². The lowest BCUT2D eigenvalue weighted by Gasteiger charge is -2.29. The maximum atomic E-state index is 13.2. The first-order chi connectivity index (χ1) is 18.4. The molecule has 0 radical (unpaired) electrons. The molecule has 0 spiro atoms. The van der Waals surface area contributed by atoms with Gasteiger partial charge in [0, 0.05) is 31.5 Å². The summed E-state index contributed by atoms with van der Waals surface area (Å²) in [6.07, 6.45) is 0.0405. The van der Waals surface area contributed by atoms with Crippen molar-refractivity contribution < 1.29 is 33.4 Å². The third kappa shape index (κ3) is 5.52. The third-order valence-electron chi connectivity index (χ3n) is 6.87. The van der Waals surface area contributed by atoms with Gasteiger partial charge in [-0.3, -0.25) is 24.5 Å². The molecular weight excluding hydrogens is 492 g/mol. The predicted octanol–water partition coefficient (Wildman–Crippen LogP) is 1.32. The molecule has 0 bridgehead atoms. The van der Waals surface area contributed by atoms with Crippen molar-refractivity contribution in [3.63, 3.8) is 0 Å².